The van der Waals surface area contributed by atoms with Gasteiger partial charge in [0.15, 0.2) is 0 Å². The van der Waals surface area contributed by atoms with Gasteiger partial charge in [0.25, 0.3) is 0 Å². The maximum absolute atomic E-state index is 13.6. The second-order valence-corrected chi connectivity index (χ2v) is 7.25. The fourth-order valence-electron chi connectivity index (χ4n) is 2.72. The number of hydrogen-bond acceptors (Lipinski definition) is 5. The van der Waals surface area contributed by atoms with Gasteiger partial charge in [0.2, 0.25) is 10.0 Å². The first-order valence-electron chi connectivity index (χ1n) is 7.52. The molecule has 2 rings (SSSR count). The molecule has 0 saturated carbocycles. The first-order chi connectivity index (χ1) is 10.9. The van der Waals surface area contributed by atoms with Crippen molar-refractivity contribution in [3.05, 3.63) is 29.6 Å². The zero-order valence-corrected chi connectivity index (χ0v) is 14.0. The van der Waals surface area contributed by atoms with E-state index in [9.17, 15) is 17.6 Å². The topological polar surface area (TPSA) is 75.7 Å². The van der Waals surface area contributed by atoms with Crippen LogP contribution in [0.15, 0.2) is 23.1 Å². The third-order valence-corrected chi connectivity index (χ3v) is 5.81. The van der Waals surface area contributed by atoms with Crippen molar-refractivity contribution in [1.82, 2.24) is 9.62 Å². The van der Waals surface area contributed by atoms with Crippen LogP contribution in [0.25, 0.3) is 0 Å². The lowest BCUT2D eigenvalue weighted by Crippen LogP contribution is -2.42. The maximum Gasteiger partial charge on any atom is 0.339 e. The highest BCUT2D eigenvalue weighted by molar-refractivity contribution is 7.89. The number of nitrogens with zero attached hydrogens (tertiary/aromatic N) is 1. The van der Waals surface area contributed by atoms with E-state index in [4.69, 9.17) is 0 Å². The molecule has 0 spiro atoms. The summed E-state index contributed by atoms with van der Waals surface area (Å²) in [5.41, 5.74) is -0.152. The van der Waals surface area contributed by atoms with E-state index in [2.05, 4.69) is 10.1 Å². The van der Waals surface area contributed by atoms with Gasteiger partial charge >= 0.3 is 5.97 Å². The van der Waals surface area contributed by atoms with Crippen molar-refractivity contribution in [3.63, 3.8) is 0 Å². The molecule has 0 bridgehead atoms. The van der Waals surface area contributed by atoms with Crippen molar-refractivity contribution in [2.75, 3.05) is 26.7 Å². The standard InChI is InChI=1S/C15H21FN2O4S/c1-3-8-18(12-6-7-17-10-12)23(20,21)14-9-11(16)4-5-13(14)15(19)22-2/h4-5,9,12,17H,3,6-8,10H2,1-2H3. The molecule has 23 heavy (non-hydrogen) atoms. The van der Waals surface area contributed by atoms with Crippen LogP contribution in [0, 0.1) is 5.82 Å². The molecule has 1 aliphatic heterocycles. The summed E-state index contributed by atoms with van der Waals surface area (Å²) in [6.45, 7) is 3.46. The Morgan fingerprint density at radius 3 is 2.78 bits per heavy atom. The summed E-state index contributed by atoms with van der Waals surface area (Å²) in [5.74, 6) is -1.51. The quantitative estimate of drug-likeness (QED) is 0.789. The average Bonchev–Trinajstić information content (AvgIpc) is 3.05. The average molecular weight is 344 g/mol. The van der Waals surface area contributed by atoms with Gasteiger partial charge in [0, 0.05) is 19.1 Å². The molecule has 0 radical (unpaired) electrons. The zero-order valence-electron chi connectivity index (χ0n) is 13.2. The van der Waals surface area contributed by atoms with Gasteiger partial charge in [-0.05, 0) is 37.6 Å². The van der Waals surface area contributed by atoms with Gasteiger partial charge in [0.05, 0.1) is 17.6 Å². The van der Waals surface area contributed by atoms with E-state index in [1.807, 2.05) is 6.92 Å². The largest absolute Gasteiger partial charge is 0.465 e. The number of esters is 1. The summed E-state index contributed by atoms with van der Waals surface area (Å²) in [4.78, 5) is 11.5. The molecule has 1 fully saturated rings. The lowest BCUT2D eigenvalue weighted by Gasteiger charge is -2.28. The lowest BCUT2D eigenvalue weighted by atomic mass is 10.2. The van der Waals surface area contributed by atoms with Crippen molar-refractivity contribution in [3.8, 4) is 0 Å². The van der Waals surface area contributed by atoms with Crippen LogP contribution in [0.1, 0.15) is 30.1 Å². The van der Waals surface area contributed by atoms with Gasteiger partial charge in [-0.2, -0.15) is 4.31 Å². The Morgan fingerprint density at radius 2 is 2.22 bits per heavy atom. The van der Waals surface area contributed by atoms with Crippen molar-refractivity contribution in [1.29, 1.82) is 0 Å². The minimum atomic E-state index is -4.00. The fraction of sp³-hybridized carbons (Fsp3) is 0.533. The van der Waals surface area contributed by atoms with Crippen LogP contribution >= 0.6 is 0 Å². The normalized spacial score (nSPS) is 18.3. The van der Waals surface area contributed by atoms with E-state index in [1.165, 1.54) is 4.31 Å². The van der Waals surface area contributed by atoms with E-state index in [0.29, 0.717) is 25.9 Å². The first kappa shape index (κ1) is 17.8. The van der Waals surface area contributed by atoms with Gasteiger partial charge in [0.1, 0.15) is 5.82 Å². The van der Waals surface area contributed by atoms with Crippen LogP contribution in [0.3, 0.4) is 0 Å². The fourth-order valence-corrected chi connectivity index (χ4v) is 4.66. The van der Waals surface area contributed by atoms with Crippen LogP contribution in [-0.2, 0) is 14.8 Å². The predicted molar refractivity (Wildman–Crippen MR) is 83.2 cm³/mol. The number of ether oxygens (including phenoxy) is 1. The van der Waals surface area contributed by atoms with E-state index in [1.54, 1.807) is 0 Å². The van der Waals surface area contributed by atoms with Crippen molar-refractivity contribution in [2.24, 2.45) is 0 Å². The van der Waals surface area contributed by atoms with Gasteiger partial charge in [-0.3, -0.25) is 0 Å². The number of benzene rings is 1. The molecule has 0 aliphatic carbocycles. The van der Waals surface area contributed by atoms with Crippen LogP contribution in [-0.4, -0.2) is 51.5 Å². The van der Waals surface area contributed by atoms with Gasteiger partial charge < -0.3 is 10.1 Å². The maximum atomic E-state index is 13.6. The summed E-state index contributed by atoms with van der Waals surface area (Å²) in [7, 11) is -2.84. The van der Waals surface area contributed by atoms with Crippen molar-refractivity contribution >= 4 is 16.0 Å². The molecule has 1 unspecified atom stereocenters. The number of rotatable bonds is 6. The second kappa shape index (κ2) is 7.37. The third kappa shape index (κ3) is 3.70. The Kier molecular flexibility index (Phi) is 5.72. The SMILES string of the molecule is CCCN(C1CCNC1)S(=O)(=O)c1cc(F)ccc1C(=O)OC. The Morgan fingerprint density at radius 1 is 1.48 bits per heavy atom. The minimum Gasteiger partial charge on any atom is -0.465 e. The Labute approximate surface area is 135 Å². The van der Waals surface area contributed by atoms with Gasteiger partial charge in [-0.15, -0.1) is 0 Å². The van der Waals surface area contributed by atoms with Crippen LogP contribution in [0.2, 0.25) is 0 Å². The molecule has 1 aromatic rings. The summed E-state index contributed by atoms with van der Waals surface area (Å²) in [5, 5.41) is 3.12. The molecular weight excluding hydrogens is 323 g/mol. The highest BCUT2D eigenvalue weighted by Crippen LogP contribution is 2.26. The van der Waals surface area contributed by atoms with Crippen molar-refractivity contribution in [2.45, 2.75) is 30.7 Å². The van der Waals surface area contributed by atoms with Crippen LogP contribution in [0.5, 0.6) is 0 Å². The Balaban J connectivity index is 2.52. The molecule has 1 aliphatic rings. The van der Waals surface area contributed by atoms with E-state index >= 15 is 0 Å². The highest BCUT2D eigenvalue weighted by atomic mass is 32.2. The summed E-state index contributed by atoms with van der Waals surface area (Å²) < 4.78 is 45.7. The zero-order chi connectivity index (χ0) is 17.0. The number of carbonyl (C=O) groups is 1. The molecular formula is C15H21FN2O4S. The number of carbonyl (C=O) groups excluding carboxylic acids is 1. The van der Waals surface area contributed by atoms with Gasteiger partial charge in [-0.25, -0.2) is 17.6 Å². The molecule has 1 N–H and O–H groups in total. The number of halogens is 1. The van der Waals surface area contributed by atoms with Gasteiger partial charge in [-0.1, -0.05) is 6.92 Å². The Bertz CT molecular complexity index is 672. The summed E-state index contributed by atoms with van der Waals surface area (Å²) in [6, 6.07) is 2.87. The monoisotopic (exact) mass is 344 g/mol. The summed E-state index contributed by atoms with van der Waals surface area (Å²) >= 11 is 0. The molecule has 6 nitrogen and oxygen atoms in total. The van der Waals surface area contributed by atoms with Crippen LogP contribution in [0.4, 0.5) is 4.39 Å². The smallest absolute Gasteiger partial charge is 0.339 e. The van der Waals surface area contributed by atoms with Crippen molar-refractivity contribution < 1.29 is 22.3 Å². The molecule has 0 amide bonds. The highest BCUT2D eigenvalue weighted by Gasteiger charge is 2.35. The number of nitrogens with one attached hydrogen (secondary N) is 1. The van der Waals surface area contributed by atoms with E-state index in [0.717, 1.165) is 31.9 Å². The number of methoxy groups -OCH3 is 1. The Hall–Kier alpha value is -1.51. The molecule has 1 saturated heterocycles. The molecule has 128 valence electrons. The third-order valence-electron chi connectivity index (χ3n) is 3.82. The minimum absolute atomic E-state index is 0.152. The summed E-state index contributed by atoms with van der Waals surface area (Å²) in [6.07, 6.45) is 1.31. The lowest BCUT2D eigenvalue weighted by molar-refractivity contribution is 0.0596. The molecule has 1 aromatic carbocycles. The molecule has 8 heteroatoms. The number of hydrogen-bond donors (Lipinski definition) is 1. The molecule has 1 atom stereocenters. The van der Waals surface area contributed by atoms with E-state index < -0.39 is 21.8 Å². The second-order valence-electron chi connectivity index (χ2n) is 5.39. The van der Waals surface area contributed by atoms with Crippen LogP contribution < -0.4 is 5.32 Å². The van der Waals surface area contributed by atoms with E-state index in [-0.39, 0.29) is 16.5 Å². The predicted octanol–water partition coefficient (Wildman–Crippen LogP) is 1.37. The first-order valence-corrected chi connectivity index (χ1v) is 8.96. The number of sulfonamides is 1. The molecule has 0 aromatic heterocycles. The molecule has 1 heterocycles.